The minimum atomic E-state index is -0.745. The molecule has 0 fully saturated rings. The largest absolute Gasteiger partial charge is 0.481 e. The normalized spacial score (nSPS) is 7.00. The number of carbonyl (C=O) groups is 1. The van der Waals surface area contributed by atoms with Gasteiger partial charge in [-0.15, -0.1) is 0 Å². The van der Waals surface area contributed by atoms with Crippen LogP contribution in [0.4, 0.5) is 0 Å². The van der Waals surface area contributed by atoms with Crippen molar-refractivity contribution in [1.29, 1.82) is 0 Å². The number of rotatable bonds is 1. The van der Waals surface area contributed by atoms with E-state index in [1.165, 1.54) is 0 Å². The van der Waals surface area contributed by atoms with Crippen LogP contribution in [0.3, 0.4) is 0 Å². The quantitative estimate of drug-likeness (QED) is 0.657. The zero-order chi connectivity index (χ0) is 7.86. The van der Waals surface area contributed by atoms with Gasteiger partial charge in [0.1, 0.15) is 0 Å². The van der Waals surface area contributed by atoms with E-state index in [9.17, 15) is 4.79 Å². The number of carboxylic acid groups (broad SMARTS) is 1. The van der Waals surface area contributed by atoms with Crippen LogP contribution in [0.2, 0.25) is 0 Å². The molecule has 0 aliphatic heterocycles. The van der Waals surface area contributed by atoms with Gasteiger partial charge in [0, 0.05) is 6.42 Å². The Morgan fingerprint density at radius 2 is 1.78 bits per heavy atom. The lowest BCUT2D eigenvalue weighted by atomic mass is 10.5. The lowest BCUT2D eigenvalue weighted by Gasteiger charge is -1.71. The Kier molecular flexibility index (Phi) is 10.0. The second-order valence-electron chi connectivity index (χ2n) is 1.09. The highest BCUT2D eigenvalue weighted by molar-refractivity contribution is 6.55. The van der Waals surface area contributed by atoms with Gasteiger partial charge in [-0.2, -0.15) is 0 Å². The van der Waals surface area contributed by atoms with Gasteiger partial charge in [0.15, 0.2) is 0 Å². The van der Waals surface area contributed by atoms with Crippen molar-refractivity contribution in [2.45, 2.75) is 13.3 Å². The highest BCUT2D eigenvalue weighted by Crippen LogP contribution is 1.98. The predicted octanol–water partition coefficient (Wildman–Crippen LogP) is 2.42. The van der Waals surface area contributed by atoms with E-state index in [4.69, 9.17) is 28.3 Å². The van der Waals surface area contributed by atoms with Crippen molar-refractivity contribution in [3.8, 4) is 0 Å². The van der Waals surface area contributed by atoms with Crippen LogP contribution in [0.1, 0.15) is 13.3 Å². The van der Waals surface area contributed by atoms with Gasteiger partial charge in [0.2, 0.25) is 0 Å². The summed E-state index contributed by atoms with van der Waals surface area (Å²) in [6.45, 7) is 4.69. The summed E-state index contributed by atoms with van der Waals surface area (Å²) in [6, 6.07) is 0. The summed E-state index contributed by atoms with van der Waals surface area (Å²) in [5, 5.41) is 7.72. The van der Waals surface area contributed by atoms with E-state index >= 15 is 0 Å². The molecule has 0 aromatic heterocycles. The molecule has 0 aliphatic carbocycles. The maximum absolute atomic E-state index is 9.37. The molecule has 0 rings (SSSR count). The molecule has 0 atom stereocenters. The molecule has 0 bridgehead atoms. The van der Waals surface area contributed by atoms with Crippen molar-refractivity contribution >= 4 is 29.2 Å². The zero-order valence-electron chi connectivity index (χ0n) is 5.03. The summed E-state index contributed by atoms with van der Waals surface area (Å²) in [5.74, 6) is -0.745. The maximum Gasteiger partial charge on any atom is 0.303 e. The van der Waals surface area contributed by atoms with Gasteiger partial charge in [0.25, 0.3) is 0 Å². The third-order valence-electron chi connectivity index (χ3n) is 0.302. The molecule has 0 radical (unpaired) electrons. The zero-order valence-corrected chi connectivity index (χ0v) is 6.54. The first-order valence-electron chi connectivity index (χ1n) is 2.22. The molecule has 0 unspecified atom stereocenters. The molecule has 0 aromatic carbocycles. The van der Waals surface area contributed by atoms with E-state index in [0.717, 1.165) is 0 Å². The molecule has 4 heteroatoms. The van der Waals surface area contributed by atoms with Crippen molar-refractivity contribution in [1.82, 2.24) is 0 Å². The van der Waals surface area contributed by atoms with Gasteiger partial charge in [-0.3, -0.25) is 4.79 Å². The Morgan fingerprint density at radius 1 is 1.67 bits per heavy atom. The van der Waals surface area contributed by atoms with Crippen LogP contribution in [0.5, 0.6) is 0 Å². The Labute approximate surface area is 64.1 Å². The summed E-state index contributed by atoms with van der Waals surface area (Å²) in [4.78, 5) is 9.37. The number of hydrogen-bond donors (Lipinski definition) is 1. The number of hydrogen-bond acceptors (Lipinski definition) is 1. The molecule has 54 valence electrons. The van der Waals surface area contributed by atoms with E-state index < -0.39 is 5.97 Å². The number of carboxylic acids is 1. The van der Waals surface area contributed by atoms with E-state index in [0.29, 0.717) is 0 Å². The fourth-order valence-electron chi connectivity index (χ4n) is 0. The van der Waals surface area contributed by atoms with Crippen molar-refractivity contribution in [3.05, 3.63) is 11.1 Å². The summed E-state index contributed by atoms with van der Waals surface area (Å²) in [5.41, 5.74) is 0. The number of aliphatic carboxylic acids is 1. The van der Waals surface area contributed by atoms with Gasteiger partial charge in [-0.05, 0) is 0 Å². The SMILES string of the molecule is C=C(Cl)Cl.CCC(=O)O. The van der Waals surface area contributed by atoms with Crippen LogP contribution >= 0.6 is 23.2 Å². The fourth-order valence-corrected chi connectivity index (χ4v) is 0. The highest BCUT2D eigenvalue weighted by atomic mass is 35.5. The second kappa shape index (κ2) is 7.79. The molecule has 1 N–H and O–H groups in total. The molecule has 0 saturated heterocycles. The molecule has 0 heterocycles. The topological polar surface area (TPSA) is 37.3 Å². The van der Waals surface area contributed by atoms with Crippen LogP contribution in [0.25, 0.3) is 0 Å². The Morgan fingerprint density at radius 3 is 1.78 bits per heavy atom. The first kappa shape index (κ1) is 11.6. The van der Waals surface area contributed by atoms with E-state index in [1.807, 2.05) is 0 Å². The Balaban J connectivity index is 0. The van der Waals surface area contributed by atoms with Gasteiger partial charge in [-0.25, -0.2) is 0 Å². The highest BCUT2D eigenvalue weighted by Gasteiger charge is 1.80. The molecule has 0 amide bonds. The summed E-state index contributed by atoms with van der Waals surface area (Å²) in [7, 11) is 0. The first-order valence-corrected chi connectivity index (χ1v) is 2.98. The first-order chi connectivity index (χ1) is 4.00. The smallest absolute Gasteiger partial charge is 0.303 e. The molecule has 2 nitrogen and oxygen atoms in total. The summed E-state index contributed by atoms with van der Waals surface area (Å²) in [6.07, 6.45) is 0.222. The number of halogens is 2. The van der Waals surface area contributed by atoms with Crippen LogP contribution in [-0.4, -0.2) is 11.1 Å². The van der Waals surface area contributed by atoms with E-state index in [-0.39, 0.29) is 10.9 Å². The molecule has 0 spiro atoms. The fraction of sp³-hybridized carbons (Fsp3) is 0.400. The third kappa shape index (κ3) is 81.5. The average molecular weight is 171 g/mol. The average Bonchev–Trinajstić information content (AvgIpc) is 1.65. The van der Waals surface area contributed by atoms with Crippen LogP contribution in [0, 0.1) is 0 Å². The van der Waals surface area contributed by atoms with Crippen LogP contribution in [0.15, 0.2) is 11.1 Å². The summed E-state index contributed by atoms with van der Waals surface area (Å²) >= 11 is 9.69. The van der Waals surface area contributed by atoms with Crippen molar-refractivity contribution in [3.63, 3.8) is 0 Å². The minimum absolute atomic E-state index is 0.111. The van der Waals surface area contributed by atoms with Gasteiger partial charge < -0.3 is 5.11 Å². The minimum Gasteiger partial charge on any atom is -0.481 e. The second-order valence-corrected chi connectivity index (χ2v) is 2.19. The van der Waals surface area contributed by atoms with Gasteiger partial charge in [0.05, 0.1) is 4.49 Å². The molecular weight excluding hydrogens is 163 g/mol. The van der Waals surface area contributed by atoms with E-state index in [1.54, 1.807) is 6.92 Å². The van der Waals surface area contributed by atoms with Crippen LogP contribution in [-0.2, 0) is 4.79 Å². The Hall–Kier alpha value is -0.210. The molecule has 0 saturated carbocycles. The van der Waals surface area contributed by atoms with Crippen molar-refractivity contribution in [2.75, 3.05) is 0 Å². The predicted molar refractivity (Wildman–Crippen MR) is 38.8 cm³/mol. The molecular formula is C5H8Cl2O2. The lowest BCUT2D eigenvalue weighted by molar-refractivity contribution is -0.136. The van der Waals surface area contributed by atoms with E-state index in [2.05, 4.69) is 6.58 Å². The monoisotopic (exact) mass is 170 g/mol. The molecule has 9 heavy (non-hydrogen) atoms. The van der Waals surface area contributed by atoms with Gasteiger partial charge >= 0.3 is 5.97 Å². The summed E-state index contributed by atoms with van der Waals surface area (Å²) < 4.78 is 0.111. The van der Waals surface area contributed by atoms with Crippen LogP contribution < -0.4 is 0 Å². The maximum atomic E-state index is 9.37. The Bertz CT molecular complexity index is 97.1. The standard InChI is InChI=1S/C3H6O2.C2H2Cl2/c1-2-3(4)5;1-2(3)4/h2H2,1H3,(H,4,5);1H2. The molecule has 0 aromatic rings. The van der Waals surface area contributed by atoms with Gasteiger partial charge in [-0.1, -0.05) is 36.7 Å². The molecule has 0 aliphatic rings. The third-order valence-corrected chi connectivity index (χ3v) is 0.302. The van der Waals surface area contributed by atoms with Crippen molar-refractivity contribution < 1.29 is 9.90 Å². The lowest BCUT2D eigenvalue weighted by Crippen LogP contribution is -1.86. The van der Waals surface area contributed by atoms with Crippen molar-refractivity contribution in [2.24, 2.45) is 0 Å².